The largest absolute Gasteiger partial charge is 0.380 e. The summed E-state index contributed by atoms with van der Waals surface area (Å²) in [4.78, 5) is -0.0454. The molecule has 0 saturated heterocycles. The van der Waals surface area contributed by atoms with Crippen molar-refractivity contribution in [3.63, 3.8) is 0 Å². The first-order chi connectivity index (χ1) is 15.1. The molecule has 12 nitrogen and oxygen atoms in total. The Morgan fingerprint density at radius 3 is 2.12 bits per heavy atom. The lowest BCUT2D eigenvalue weighted by Gasteiger charge is -2.27. The highest BCUT2D eigenvalue weighted by Gasteiger charge is 2.22. The standard InChI is InChI=1S/C18H19N7O5S2/c1-23(31(26,27)18-8-6-17(7-9-18)30-32(20,28)29)10-11-25(24-13-21-22-14-24)16-4-2-15(12-19)3-5-16/h2-9,13-14H,10-11H2,1H3,(H2,20,28,29). The van der Waals surface area contributed by atoms with E-state index in [1.165, 1.54) is 44.0 Å². The molecule has 1 heterocycles. The summed E-state index contributed by atoms with van der Waals surface area (Å²) in [6.45, 7) is 0.336. The van der Waals surface area contributed by atoms with E-state index >= 15 is 0 Å². The van der Waals surface area contributed by atoms with Gasteiger partial charge in [0.25, 0.3) is 0 Å². The molecule has 2 aromatic carbocycles. The van der Waals surface area contributed by atoms with E-state index in [1.54, 1.807) is 34.0 Å². The molecular weight excluding hydrogens is 458 g/mol. The van der Waals surface area contributed by atoms with E-state index in [2.05, 4.69) is 14.4 Å². The van der Waals surface area contributed by atoms with Crippen molar-refractivity contribution >= 4 is 26.0 Å². The smallest absolute Gasteiger partial charge is 0.371 e. The molecule has 0 radical (unpaired) electrons. The summed E-state index contributed by atoms with van der Waals surface area (Å²) in [6, 6.07) is 13.7. The fraction of sp³-hybridized carbons (Fsp3) is 0.167. The van der Waals surface area contributed by atoms with E-state index in [9.17, 15) is 16.8 Å². The molecule has 0 bridgehead atoms. The molecule has 1 aromatic heterocycles. The van der Waals surface area contributed by atoms with Gasteiger partial charge in [0.15, 0.2) is 0 Å². The number of anilines is 1. The number of hydrogen-bond acceptors (Lipinski definition) is 9. The zero-order chi connectivity index (χ0) is 23.4. The Morgan fingerprint density at radius 1 is 1.00 bits per heavy atom. The molecule has 3 rings (SSSR count). The van der Waals surface area contributed by atoms with Crippen molar-refractivity contribution in [2.24, 2.45) is 5.14 Å². The summed E-state index contributed by atoms with van der Waals surface area (Å²) in [7, 11) is -6.65. The molecule has 2 N–H and O–H groups in total. The third-order valence-corrected chi connectivity index (χ3v) is 6.65. The predicted molar refractivity (Wildman–Crippen MR) is 114 cm³/mol. The van der Waals surface area contributed by atoms with Gasteiger partial charge in [-0.3, -0.25) is 5.01 Å². The maximum Gasteiger partial charge on any atom is 0.380 e. The molecule has 0 amide bonds. The average Bonchev–Trinajstić information content (AvgIpc) is 3.28. The maximum absolute atomic E-state index is 12.9. The molecule has 3 aromatic rings. The van der Waals surface area contributed by atoms with Crippen LogP contribution in [0.25, 0.3) is 0 Å². The molecule has 14 heteroatoms. The van der Waals surface area contributed by atoms with Crippen LogP contribution in [0.4, 0.5) is 5.69 Å². The van der Waals surface area contributed by atoms with Crippen LogP contribution in [-0.4, -0.2) is 56.2 Å². The summed E-state index contributed by atoms with van der Waals surface area (Å²) in [5.74, 6) is -0.103. The van der Waals surface area contributed by atoms with Crippen LogP contribution in [0.3, 0.4) is 0 Å². The maximum atomic E-state index is 12.9. The first-order valence-electron chi connectivity index (χ1n) is 9.01. The summed E-state index contributed by atoms with van der Waals surface area (Å²) >= 11 is 0. The number of sulfonamides is 1. The number of nitriles is 1. The van der Waals surface area contributed by atoms with Gasteiger partial charge in [-0.1, -0.05) is 0 Å². The number of benzene rings is 2. The van der Waals surface area contributed by atoms with Crippen LogP contribution in [-0.2, 0) is 20.3 Å². The third kappa shape index (κ3) is 5.59. The van der Waals surface area contributed by atoms with Crippen LogP contribution in [0.2, 0.25) is 0 Å². The van der Waals surface area contributed by atoms with E-state index in [4.69, 9.17) is 10.4 Å². The van der Waals surface area contributed by atoms with Crippen molar-refractivity contribution in [3.05, 3.63) is 66.7 Å². The Balaban J connectivity index is 1.76. The van der Waals surface area contributed by atoms with Gasteiger partial charge in [-0.25, -0.2) is 13.1 Å². The topological polar surface area (TPSA) is 165 Å². The lowest BCUT2D eigenvalue weighted by molar-refractivity contribution is 0.464. The Labute approximate surface area is 185 Å². The highest BCUT2D eigenvalue weighted by molar-refractivity contribution is 7.89. The number of nitrogens with two attached hydrogens (primary N) is 1. The van der Waals surface area contributed by atoms with Gasteiger partial charge in [-0.2, -0.15) is 23.1 Å². The van der Waals surface area contributed by atoms with Gasteiger partial charge in [0.2, 0.25) is 10.0 Å². The Hall–Kier alpha value is -3.51. The van der Waals surface area contributed by atoms with Crippen molar-refractivity contribution < 1.29 is 21.0 Å². The first-order valence-corrected chi connectivity index (χ1v) is 11.9. The van der Waals surface area contributed by atoms with Crippen LogP contribution >= 0.6 is 0 Å². The summed E-state index contributed by atoms with van der Waals surface area (Å²) < 4.78 is 55.1. The van der Waals surface area contributed by atoms with Gasteiger partial charge < -0.3 is 4.18 Å². The van der Waals surface area contributed by atoms with E-state index in [-0.39, 0.29) is 23.7 Å². The molecule has 0 spiro atoms. The molecule has 0 atom stereocenters. The lowest BCUT2D eigenvalue weighted by Crippen LogP contribution is -2.38. The van der Waals surface area contributed by atoms with Crippen LogP contribution in [0.1, 0.15) is 5.56 Å². The van der Waals surface area contributed by atoms with Gasteiger partial charge in [-0.05, 0) is 48.5 Å². The number of aromatic nitrogens is 3. The Morgan fingerprint density at radius 2 is 1.59 bits per heavy atom. The highest BCUT2D eigenvalue weighted by Crippen LogP contribution is 2.20. The molecular formula is C18H19N7O5S2. The summed E-state index contributed by atoms with van der Waals surface area (Å²) in [5.41, 5.74) is 1.20. The third-order valence-electron chi connectivity index (χ3n) is 4.35. The molecule has 168 valence electrons. The fourth-order valence-electron chi connectivity index (χ4n) is 2.74. The molecule has 0 aliphatic rings. The molecule has 32 heavy (non-hydrogen) atoms. The SMILES string of the molecule is CN(CCN(c1ccc(C#N)cc1)n1cnnc1)S(=O)(=O)c1ccc(OS(N)(=O)=O)cc1. The molecule has 0 unspecified atom stereocenters. The fourth-order valence-corrected chi connectivity index (χ4v) is 4.28. The van der Waals surface area contributed by atoms with E-state index < -0.39 is 20.3 Å². The van der Waals surface area contributed by atoms with E-state index in [0.29, 0.717) is 11.3 Å². The number of nitrogens with zero attached hydrogens (tertiary/aromatic N) is 6. The lowest BCUT2D eigenvalue weighted by atomic mass is 10.2. The van der Waals surface area contributed by atoms with Crippen molar-refractivity contribution in [2.75, 3.05) is 25.1 Å². The minimum atomic E-state index is -4.21. The predicted octanol–water partition coefficient (Wildman–Crippen LogP) is 0.322. The van der Waals surface area contributed by atoms with Crippen LogP contribution in [0.5, 0.6) is 5.75 Å². The monoisotopic (exact) mass is 477 g/mol. The zero-order valence-electron chi connectivity index (χ0n) is 16.8. The van der Waals surface area contributed by atoms with Gasteiger partial charge in [0, 0.05) is 13.6 Å². The summed E-state index contributed by atoms with van der Waals surface area (Å²) in [5, 5.41) is 23.1. The van der Waals surface area contributed by atoms with Crippen LogP contribution < -0.4 is 14.3 Å². The van der Waals surface area contributed by atoms with Gasteiger partial charge in [-0.15, -0.1) is 10.2 Å². The van der Waals surface area contributed by atoms with Crippen molar-refractivity contribution in [2.45, 2.75) is 4.90 Å². The average molecular weight is 478 g/mol. The second-order valence-electron chi connectivity index (χ2n) is 6.50. The quantitative estimate of drug-likeness (QED) is 0.457. The van der Waals surface area contributed by atoms with Crippen LogP contribution in [0.15, 0.2) is 66.1 Å². The first kappa shape index (κ1) is 23.2. The second-order valence-corrected chi connectivity index (χ2v) is 9.69. The minimum absolute atomic E-state index is 0.0454. The zero-order valence-corrected chi connectivity index (χ0v) is 18.4. The van der Waals surface area contributed by atoms with Gasteiger partial charge >= 0.3 is 10.3 Å². The summed E-state index contributed by atoms with van der Waals surface area (Å²) in [6.07, 6.45) is 2.94. The molecule has 0 aliphatic carbocycles. The molecule has 0 fully saturated rings. The van der Waals surface area contributed by atoms with Gasteiger partial charge in [0.1, 0.15) is 18.4 Å². The van der Waals surface area contributed by atoms with Crippen molar-refractivity contribution in [1.82, 2.24) is 19.2 Å². The number of hydrogen-bond donors (Lipinski definition) is 1. The second kappa shape index (κ2) is 9.32. The van der Waals surface area contributed by atoms with Gasteiger partial charge in [0.05, 0.1) is 28.8 Å². The van der Waals surface area contributed by atoms with E-state index in [0.717, 1.165) is 4.31 Å². The van der Waals surface area contributed by atoms with Crippen LogP contribution in [0, 0.1) is 11.3 Å². The normalized spacial score (nSPS) is 11.8. The molecule has 0 saturated carbocycles. The number of likely N-dealkylation sites (N-methyl/N-ethyl adjacent to an activating group) is 1. The molecule has 0 aliphatic heterocycles. The number of rotatable bonds is 9. The van der Waals surface area contributed by atoms with E-state index in [1.807, 2.05) is 6.07 Å². The Kier molecular flexibility index (Phi) is 6.75. The van der Waals surface area contributed by atoms with Crippen molar-refractivity contribution in [1.29, 1.82) is 5.26 Å². The van der Waals surface area contributed by atoms with Crippen molar-refractivity contribution in [3.8, 4) is 11.8 Å². The highest BCUT2D eigenvalue weighted by atomic mass is 32.2. The minimum Gasteiger partial charge on any atom is -0.371 e. The Bertz CT molecular complexity index is 1300.